The van der Waals surface area contributed by atoms with Crippen LogP contribution in [0.4, 0.5) is 4.39 Å². The molecule has 6 heteroatoms. The third-order valence-electron chi connectivity index (χ3n) is 2.09. The molecule has 3 N–H and O–H groups in total. The molecule has 94 valence electrons. The lowest BCUT2D eigenvalue weighted by atomic mass is 10.2. The van der Waals surface area contributed by atoms with Crippen LogP contribution < -0.4 is 15.4 Å². The summed E-state index contributed by atoms with van der Waals surface area (Å²) < 4.78 is 18.3. The highest BCUT2D eigenvalue weighted by molar-refractivity contribution is 7.80. The number of aliphatic hydroxyl groups excluding tert-OH is 1. The van der Waals surface area contributed by atoms with Crippen LogP contribution in [0.25, 0.3) is 0 Å². The number of nitrogens with one attached hydrogen (secondary N) is 2. The van der Waals surface area contributed by atoms with Gasteiger partial charge in [-0.1, -0.05) is 12.1 Å². The average molecular weight is 258 g/mol. The summed E-state index contributed by atoms with van der Waals surface area (Å²) >= 11 is 4.96. The summed E-state index contributed by atoms with van der Waals surface area (Å²) in [6.45, 7) is 0.745. The predicted molar refractivity (Wildman–Crippen MR) is 67.5 cm³/mol. The number of hydrogen-bond donors (Lipinski definition) is 3. The molecule has 0 radical (unpaired) electrons. The number of para-hydroxylation sites is 1. The maximum Gasteiger partial charge on any atom is 0.166 e. The van der Waals surface area contributed by atoms with E-state index in [-0.39, 0.29) is 12.4 Å². The molecule has 4 nitrogen and oxygen atoms in total. The maximum absolute atomic E-state index is 13.3. The molecule has 0 atom stereocenters. The first-order valence-electron chi connectivity index (χ1n) is 5.13. The van der Waals surface area contributed by atoms with Crippen LogP contribution in [0.1, 0.15) is 5.56 Å². The van der Waals surface area contributed by atoms with Crippen molar-refractivity contribution in [1.29, 1.82) is 0 Å². The number of rotatable bonds is 5. The number of thiocarbonyl (C=S) groups is 1. The first kappa shape index (κ1) is 13.7. The number of halogens is 1. The molecule has 0 spiro atoms. The molecule has 1 aromatic carbocycles. The van der Waals surface area contributed by atoms with Gasteiger partial charge in [-0.25, -0.2) is 4.39 Å². The normalized spacial score (nSPS) is 9.82. The largest absolute Gasteiger partial charge is 0.493 e. The van der Waals surface area contributed by atoms with Gasteiger partial charge in [0.15, 0.2) is 16.7 Å². The Hall–Kier alpha value is -1.40. The molecule has 17 heavy (non-hydrogen) atoms. The monoisotopic (exact) mass is 258 g/mol. The number of hydrogen-bond acceptors (Lipinski definition) is 3. The van der Waals surface area contributed by atoms with Gasteiger partial charge in [-0.3, -0.25) is 0 Å². The highest BCUT2D eigenvalue weighted by Crippen LogP contribution is 2.21. The minimum atomic E-state index is -0.402. The lowest BCUT2D eigenvalue weighted by molar-refractivity contribution is 0.300. The van der Waals surface area contributed by atoms with E-state index in [0.717, 1.165) is 0 Å². The molecule has 0 aliphatic rings. The molecular weight excluding hydrogens is 243 g/mol. The lowest BCUT2D eigenvalue weighted by Gasteiger charge is -2.12. The summed E-state index contributed by atoms with van der Waals surface area (Å²) in [5, 5.41) is 14.7. The van der Waals surface area contributed by atoms with Crippen LogP contribution in [0.3, 0.4) is 0 Å². The zero-order chi connectivity index (χ0) is 12.7. The fraction of sp³-hybridized carbons (Fsp3) is 0.364. The zero-order valence-corrected chi connectivity index (χ0v) is 10.3. The second-order valence-electron chi connectivity index (χ2n) is 3.27. The molecule has 0 amide bonds. The van der Waals surface area contributed by atoms with Gasteiger partial charge in [-0.2, -0.15) is 0 Å². The Labute approximate surface area is 105 Å². The van der Waals surface area contributed by atoms with E-state index in [4.69, 9.17) is 22.1 Å². The van der Waals surface area contributed by atoms with E-state index < -0.39 is 5.82 Å². The molecule has 0 bridgehead atoms. The van der Waals surface area contributed by atoms with Gasteiger partial charge in [0.2, 0.25) is 0 Å². The van der Waals surface area contributed by atoms with Gasteiger partial charge in [0.1, 0.15) is 0 Å². The van der Waals surface area contributed by atoms with Crippen LogP contribution in [-0.4, -0.2) is 30.5 Å². The predicted octanol–water partition coefficient (Wildman–Crippen LogP) is 0.791. The van der Waals surface area contributed by atoms with Crippen molar-refractivity contribution < 1.29 is 14.2 Å². The van der Waals surface area contributed by atoms with Gasteiger partial charge in [-0.15, -0.1) is 0 Å². The van der Waals surface area contributed by atoms with E-state index in [1.54, 1.807) is 12.1 Å². The molecule has 0 heterocycles. The molecular formula is C11H15FN2O2S. The molecule has 0 aromatic heterocycles. The highest BCUT2D eigenvalue weighted by Gasteiger charge is 2.08. The molecule has 1 aromatic rings. The maximum atomic E-state index is 13.3. The van der Waals surface area contributed by atoms with E-state index in [0.29, 0.717) is 23.8 Å². The van der Waals surface area contributed by atoms with Crippen molar-refractivity contribution in [2.75, 3.05) is 20.3 Å². The Morgan fingerprint density at radius 1 is 1.47 bits per heavy atom. The number of aliphatic hydroxyl groups is 1. The summed E-state index contributed by atoms with van der Waals surface area (Å²) in [6, 6.07) is 4.70. The van der Waals surface area contributed by atoms with Gasteiger partial charge < -0.3 is 20.5 Å². The summed E-state index contributed by atoms with van der Waals surface area (Å²) in [6.07, 6.45) is 0. The fourth-order valence-electron chi connectivity index (χ4n) is 1.33. The number of ether oxygens (including phenoxy) is 1. The van der Waals surface area contributed by atoms with E-state index in [1.807, 2.05) is 0 Å². The molecule has 0 aliphatic carbocycles. The van der Waals surface area contributed by atoms with Gasteiger partial charge in [0.25, 0.3) is 0 Å². The van der Waals surface area contributed by atoms with E-state index in [1.165, 1.54) is 13.2 Å². The topological polar surface area (TPSA) is 53.5 Å². The smallest absolute Gasteiger partial charge is 0.166 e. The van der Waals surface area contributed by atoms with E-state index in [9.17, 15) is 4.39 Å². The quantitative estimate of drug-likeness (QED) is 0.682. The SMILES string of the molecule is COc1c(F)cccc1CNC(=S)NCCO. The Morgan fingerprint density at radius 2 is 2.24 bits per heavy atom. The van der Waals surface area contributed by atoms with Gasteiger partial charge in [0.05, 0.1) is 13.7 Å². The van der Waals surface area contributed by atoms with Crippen LogP contribution in [-0.2, 0) is 6.54 Å². The Bertz CT molecular complexity index is 388. The second kappa shape index (κ2) is 7.03. The molecule has 0 saturated heterocycles. The lowest BCUT2D eigenvalue weighted by Crippen LogP contribution is -2.36. The first-order valence-corrected chi connectivity index (χ1v) is 5.53. The zero-order valence-electron chi connectivity index (χ0n) is 9.50. The molecule has 0 aliphatic heterocycles. The minimum Gasteiger partial charge on any atom is -0.493 e. The molecule has 0 fully saturated rings. The number of benzene rings is 1. The van der Waals surface area contributed by atoms with Crippen molar-refractivity contribution >= 4 is 17.3 Å². The van der Waals surface area contributed by atoms with Crippen LogP contribution in [0.15, 0.2) is 18.2 Å². The second-order valence-corrected chi connectivity index (χ2v) is 3.67. The summed E-state index contributed by atoms with van der Waals surface area (Å²) in [5.74, 6) is -0.189. The van der Waals surface area contributed by atoms with Crippen LogP contribution >= 0.6 is 12.2 Å². The van der Waals surface area contributed by atoms with Crippen molar-refractivity contribution in [3.8, 4) is 5.75 Å². The Morgan fingerprint density at radius 3 is 2.88 bits per heavy atom. The third kappa shape index (κ3) is 4.16. The van der Waals surface area contributed by atoms with Crippen molar-refractivity contribution in [2.45, 2.75) is 6.54 Å². The standard InChI is InChI=1S/C11H15FN2O2S/c1-16-10-8(3-2-4-9(10)12)7-14-11(17)13-5-6-15/h2-4,15H,5-7H2,1H3,(H2,13,14,17). The van der Waals surface area contributed by atoms with Crippen molar-refractivity contribution in [3.63, 3.8) is 0 Å². The number of methoxy groups -OCH3 is 1. The van der Waals surface area contributed by atoms with Crippen LogP contribution in [0.2, 0.25) is 0 Å². The van der Waals surface area contributed by atoms with E-state index in [2.05, 4.69) is 10.6 Å². The Kier molecular flexibility index (Phi) is 5.65. The molecule has 1 rings (SSSR count). The Balaban J connectivity index is 2.57. The summed E-state index contributed by atoms with van der Waals surface area (Å²) in [7, 11) is 1.42. The van der Waals surface area contributed by atoms with Crippen LogP contribution in [0, 0.1) is 5.82 Å². The minimum absolute atomic E-state index is 0.00507. The van der Waals surface area contributed by atoms with Crippen molar-refractivity contribution in [2.24, 2.45) is 0 Å². The third-order valence-corrected chi connectivity index (χ3v) is 2.38. The molecule has 0 saturated carbocycles. The average Bonchev–Trinajstić information content (AvgIpc) is 2.33. The fourth-order valence-corrected chi connectivity index (χ4v) is 1.50. The summed E-state index contributed by atoms with van der Waals surface area (Å²) in [5.41, 5.74) is 0.681. The summed E-state index contributed by atoms with van der Waals surface area (Å²) in [4.78, 5) is 0. The first-order chi connectivity index (χ1) is 8.19. The van der Waals surface area contributed by atoms with Gasteiger partial charge in [-0.05, 0) is 18.3 Å². The van der Waals surface area contributed by atoms with Crippen LogP contribution in [0.5, 0.6) is 5.75 Å². The van der Waals surface area contributed by atoms with Gasteiger partial charge >= 0.3 is 0 Å². The highest BCUT2D eigenvalue weighted by atomic mass is 32.1. The molecule has 0 unspecified atom stereocenters. The van der Waals surface area contributed by atoms with Crippen molar-refractivity contribution in [1.82, 2.24) is 10.6 Å². The van der Waals surface area contributed by atoms with E-state index >= 15 is 0 Å². The van der Waals surface area contributed by atoms with Crippen molar-refractivity contribution in [3.05, 3.63) is 29.6 Å². The van der Waals surface area contributed by atoms with Gasteiger partial charge in [0, 0.05) is 18.7 Å².